The van der Waals surface area contributed by atoms with Crippen LogP contribution in [0.3, 0.4) is 0 Å². The minimum atomic E-state index is -0.257. The molecule has 88 valence electrons. The minimum absolute atomic E-state index is 0.257. The maximum Gasteiger partial charge on any atom is 0.0616 e. The van der Waals surface area contributed by atoms with Gasteiger partial charge in [-0.25, -0.2) is 0 Å². The van der Waals surface area contributed by atoms with Crippen LogP contribution in [-0.2, 0) is 6.42 Å². The van der Waals surface area contributed by atoms with E-state index in [-0.39, 0.29) is 6.10 Å². The van der Waals surface area contributed by atoms with E-state index < -0.39 is 0 Å². The molecule has 1 nitrogen and oxygen atoms in total. The molecule has 0 spiro atoms. The molecule has 2 rings (SSSR count). The highest BCUT2D eigenvalue weighted by molar-refractivity contribution is 7.99. The summed E-state index contributed by atoms with van der Waals surface area (Å²) in [7, 11) is 0. The predicted molar refractivity (Wildman–Crippen MR) is 71.6 cm³/mol. The van der Waals surface area contributed by atoms with Crippen molar-refractivity contribution in [2.45, 2.75) is 18.9 Å². The van der Waals surface area contributed by atoms with E-state index in [0.29, 0.717) is 22.4 Å². The number of benzene rings is 1. The zero-order valence-electron chi connectivity index (χ0n) is 8.83. The number of thioether (sulfide) groups is 1. The van der Waals surface area contributed by atoms with E-state index in [9.17, 15) is 5.11 Å². The third kappa shape index (κ3) is 3.07. The van der Waals surface area contributed by atoms with Crippen molar-refractivity contribution in [3.8, 4) is 0 Å². The number of hydrogen-bond acceptors (Lipinski definition) is 2. The molecule has 1 aliphatic heterocycles. The molecule has 1 N–H and O–H groups in total. The van der Waals surface area contributed by atoms with Crippen LogP contribution >= 0.6 is 35.0 Å². The Bertz CT molecular complexity index is 364. The SMILES string of the molecule is OC(Cc1ccc(Cl)c(Cl)c1)C1CCSC1. The zero-order valence-corrected chi connectivity index (χ0v) is 11.2. The van der Waals surface area contributed by atoms with Crippen LogP contribution in [0, 0.1) is 5.92 Å². The van der Waals surface area contributed by atoms with E-state index in [4.69, 9.17) is 23.2 Å². The fraction of sp³-hybridized carbons (Fsp3) is 0.500. The molecular weight excluding hydrogens is 263 g/mol. The van der Waals surface area contributed by atoms with Gasteiger partial charge in [0.05, 0.1) is 16.1 Å². The number of aliphatic hydroxyl groups excluding tert-OH is 1. The molecule has 4 heteroatoms. The Morgan fingerprint density at radius 1 is 1.38 bits per heavy atom. The molecule has 1 aliphatic rings. The summed E-state index contributed by atoms with van der Waals surface area (Å²) < 4.78 is 0. The Morgan fingerprint density at radius 2 is 2.19 bits per heavy atom. The average molecular weight is 277 g/mol. The van der Waals surface area contributed by atoms with Gasteiger partial charge in [-0.15, -0.1) is 0 Å². The second-order valence-corrected chi connectivity index (χ2v) is 6.11. The van der Waals surface area contributed by atoms with E-state index >= 15 is 0 Å². The monoisotopic (exact) mass is 276 g/mol. The van der Waals surface area contributed by atoms with Crippen LogP contribution in [0.15, 0.2) is 18.2 Å². The summed E-state index contributed by atoms with van der Waals surface area (Å²) in [6.07, 6.45) is 1.53. The summed E-state index contributed by atoms with van der Waals surface area (Å²) in [6, 6.07) is 5.56. The first kappa shape index (κ1) is 12.6. The average Bonchev–Trinajstić information content (AvgIpc) is 2.77. The van der Waals surface area contributed by atoms with Crippen molar-refractivity contribution >= 4 is 35.0 Å². The van der Waals surface area contributed by atoms with Gasteiger partial charge in [-0.3, -0.25) is 0 Å². The van der Waals surface area contributed by atoms with E-state index in [1.54, 1.807) is 6.07 Å². The highest BCUT2D eigenvalue weighted by Crippen LogP contribution is 2.29. The Morgan fingerprint density at radius 3 is 2.81 bits per heavy atom. The molecule has 1 saturated heterocycles. The minimum Gasteiger partial charge on any atom is -0.392 e. The number of aliphatic hydroxyl groups is 1. The topological polar surface area (TPSA) is 20.2 Å². The third-order valence-electron chi connectivity index (χ3n) is 2.94. The van der Waals surface area contributed by atoms with Crippen LogP contribution < -0.4 is 0 Å². The second-order valence-electron chi connectivity index (χ2n) is 4.14. The first-order valence-corrected chi connectivity index (χ1v) is 7.27. The Labute approximate surface area is 110 Å². The lowest BCUT2D eigenvalue weighted by molar-refractivity contribution is 0.120. The molecule has 16 heavy (non-hydrogen) atoms. The second kappa shape index (κ2) is 5.63. The van der Waals surface area contributed by atoms with Crippen LogP contribution in [0.4, 0.5) is 0 Å². The number of hydrogen-bond donors (Lipinski definition) is 1. The van der Waals surface area contributed by atoms with Crippen molar-refractivity contribution in [1.29, 1.82) is 0 Å². The number of halogens is 2. The molecule has 2 atom stereocenters. The van der Waals surface area contributed by atoms with Gasteiger partial charge in [0.2, 0.25) is 0 Å². The van der Waals surface area contributed by atoms with Gasteiger partial charge in [-0.05, 0) is 48.0 Å². The highest BCUT2D eigenvalue weighted by Gasteiger charge is 2.23. The van der Waals surface area contributed by atoms with Crippen LogP contribution in [0.25, 0.3) is 0 Å². The summed E-state index contributed by atoms with van der Waals surface area (Å²) in [6.45, 7) is 0. The van der Waals surface area contributed by atoms with Gasteiger partial charge < -0.3 is 5.11 Å². The summed E-state index contributed by atoms with van der Waals surface area (Å²) >= 11 is 13.7. The molecule has 1 fully saturated rings. The van der Waals surface area contributed by atoms with Gasteiger partial charge in [-0.1, -0.05) is 29.3 Å². The fourth-order valence-electron chi connectivity index (χ4n) is 1.93. The third-order valence-corrected chi connectivity index (χ3v) is 4.87. The van der Waals surface area contributed by atoms with E-state index in [0.717, 1.165) is 17.7 Å². The summed E-state index contributed by atoms with van der Waals surface area (Å²) in [5.41, 5.74) is 1.05. The van der Waals surface area contributed by atoms with E-state index in [2.05, 4.69) is 0 Å². The molecular formula is C12H14Cl2OS. The maximum absolute atomic E-state index is 10.1. The van der Waals surface area contributed by atoms with Crippen LogP contribution in [0.1, 0.15) is 12.0 Å². The molecule has 1 aromatic rings. The maximum atomic E-state index is 10.1. The predicted octanol–water partition coefficient (Wildman–Crippen LogP) is 3.65. The smallest absolute Gasteiger partial charge is 0.0616 e. The lowest BCUT2D eigenvalue weighted by atomic mass is 9.96. The van der Waals surface area contributed by atoms with Crippen molar-refractivity contribution in [3.05, 3.63) is 33.8 Å². The molecule has 0 aromatic heterocycles. The Hall–Kier alpha value is 0.110. The van der Waals surface area contributed by atoms with Gasteiger partial charge in [0.15, 0.2) is 0 Å². The molecule has 0 saturated carbocycles. The molecule has 0 amide bonds. The van der Waals surface area contributed by atoms with E-state index in [1.807, 2.05) is 23.9 Å². The zero-order chi connectivity index (χ0) is 11.5. The largest absolute Gasteiger partial charge is 0.392 e. The quantitative estimate of drug-likeness (QED) is 0.910. The van der Waals surface area contributed by atoms with Crippen molar-refractivity contribution < 1.29 is 5.11 Å². The Balaban J connectivity index is 1.99. The van der Waals surface area contributed by atoms with Gasteiger partial charge in [0, 0.05) is 0 Å². The molecule has 2 unspecified atom stereocenters. The molecule has 0 radical (unpaired) electrons. The van der Waals surface area contributed by atoms with Gasteiger partial charge in [0.1, 0.15) is 0 Å². The van der Waals surface area contributed by atoms with Gasteiger partial charge in [0.25, 0.3) is 0 Å². The fourth-order valence-corrected chi connectivity index (χ4v) is 3.58. The number of rotatable bonds is 3. The molecule has 1 aromatic carbocycles. The normalized spacial score (nSPS) is 22.3. The standard InChI is InChI=1S/C12H14Cl2OS/c13-10-2-1-8(5-11(10)14)6-12(15)9-3-4-16-7-9/h1-2,5,9,12,15H,3-4,6-7H2. The van der Waals surface area contributed by atoms with Crippen molar-refractivity contribution in [2.24, 2.45) is 5.92 Å². The van der Waals surface area contributed by atoms with Crippen LogP contribution in [0.5, 0.6) is 0 Å². The highest BCUT2D eigenvalue weighted by atomic mass is 35.5. The lowest BCUT2D eigenvalue weighted by Crippen LogP contribution is -2.22. The van der Waals surface area contributed by atoms with Gasteiger partial charge in [-0.2, -0.15) is 11.8 Å². The first-order chi connectivity index (χ1) is 7.66. The molecule has 0 bridgehead atoms. The Kier molecular flexibility index (Phi) is 4.42. The summed E-state index contributed by atoms with van der Waals surface area (Å²) in [5.74, 6) is 2.67. The van der Waals surface area contributed by atoms with Crippen molar-refractivity contribution in [1.82, 2.24) is 0 Å². The molecule has 0 aliphatic carbocycles. The van der Waals surface area contributed by atoms with Gasteiger partial charge >= 0.3 is 0 Å². The first-order valence-electron chi connectivity index (χ1n) is 5.36. The van der Waals surface area contributed by atoms with Crippen molar-refractivity contribution in [3.63, 3.8) is 0 Å². The summed E-state index contributed by atoms with van der Waals surface area (Å²) in [4.78, 5) is 0. The summed E-state index contributed by atoms with van der Waals surface area (Å²) in [5, 5.41) is 11.2. The van der Waals surface area contributed by atoms with Crippen molar-refractivity contribution in [2.75, 3.05) is 11.5 Å². The van der Waals surface area contributed by atoms with Crippen LogP contribution in [-0.4, -0.2) is 22.7 Å². The lowest BCUT2D eigenvalue weighted by Gasteiger charge is -2.17. The molecule has 1 heterocycles. The van der Waals surface area contributed by atoms with Crippen LogP contribution in [0.2, 0.25) is 10.0 Å². The van der Waals surface area contributed by atoms with E-state index in [1.165, 1.54) is 5.75 Å².